The molecule has 0 bridgehead atoms. The zero-order chi connectivity index (χ0) is 12.7. The number of aryl methyl sites for hydroxylation is 1. The van der Waals surface area contributed by atoms with E-state index in [0.717, 1.165) is 17.7 Å². The Hall–Kier alpha value is -0.710. The summed E-state index contributed by atoms with van der Waals surface area (Å²) in [6.45, 7) is 2.62. The monoisotopic (exact) mass is 272 g/mol. The summed E-state index contributed by atoms with van der Waals surface area (Å²) < 4.78 is 0. The molecule has 1 aromatic carbocycles. The highest BCUT2D eigenvalue weighted by Gasteiger charge is 2.05. The lowest BCUT2D eigenvalue weighted by Gasteiger charge is -2.07. The molecule has 0 aliphatic carbocycles. The van der Waals surface area contributed by atoms with E-state index in [-0.39, 0.29) is 5.91 Å². The smallest absolute Gasteiger partial charge is 0.234 e. The van der Waals surface area contributed by atoms with Gasteiger partial charge in [-0.2, -0.15) is 11.8 Å². The predicted octanol–water partition coefficient (Wildman–Crippen LogP) is 2.67. The van der Waals surface area contributed by atoms with Crippen LogP contribution in [0.2, 0.25) is 5.02 Å². The van der Waals surface area contributed by atoms with E-state index in [4.69, 9.17) is 17.3 Å². The van der Waals surface area contributed by atoms with Crippen LogP contribution in [0.4, 0.5) is 5.69 Å². The number of anilines is 1. The Kier molecular flexibility index (Phi) is 6.40. The van der Waals surface area contributed by atoms with Crippen LogP contribution >= 0.6 is 23.4 Å². The van der Waals surface area contributed by atoms with Crippen LogP contribution in [0, 0.1) is 6.92 Å². The van der Waals surface area contributed by atoms with Crippen molar-refractivity contribution >= 4 is 35.0 Å². The van der Waals surface area contributed by atoms with Crippen molar-refractivity contribution in [3.63, 3.8) is 0 Å². The summed E-state index contributed by atoms with van der Waals surface area (Å²) in [5, 5.41) is 3.37. The first-order chi connectivity index (χ1) is 8.13. The van der Waals surface area contributed by atoms with Crippen LogP contribution in [0.15, 0.2) is 18.2 Å². The van der Waals surface area contributed by atoms with Gasteiger partial charge in [0.2, 0.25) is 5.91 Å². The minimum absolute atomic E-state index is 0.0298. The van der Waals surface area contributed by atoms with Gasteiger partial charge in [-0.25, -0.2) is 0 Å². The molecule has 0 saturated carbocycles. The lowest BCUT2D eigenvalue weighted by Crippen LogP contribution is -2.15. The zero-order valence-electron chi connectivity index (χ0n) is 9.83. The summed E-state index contributed by atoms with van der Waals surface area (Å²) in [4.78, 5) is 11.6. The third-order valence-electron chi connectivity index (χ3n) is 2.12. The molecule has 0 aliphatic rings. The maximum Gasteiger partial charge on any atom is 0.234 e. The quantitative estimate of drug-likeness (QED) is 0.783. The maximum absolute atomic E-state index is 11.6. The summed E-state index contributed by atoms with van der Waals surface area (Å²) in [6.07, 6.45) is 0.934. The standard InChI is InChI=1S/C12H17ClN2OS/c1-9-3-4-11(10(13)7-9)15-12(16)8-17-6-2-5-14/h3-4,7H,2,5-6,8,14H2,1H3,(H,15,16). The average molecular weight is 273 g/mol. The molecule has 0 unspecified atom stereocenters. The number of hydrogen-bond donors (Lipinski definition) is 2. The molecule has 1 aromatic rings. The molecule has 0 aromatic heterocycles. The number of nitrogens with two attached hydrogens (primary N) is 1. The largest absolute Gasteiger partial charge is 0.330 e. The molecular formula is C12H17ClN2OS. The van der Waals surface area contributed by atoms with Crippen molar-refractivity contribution in [2.45, 2.75) is 13.3 Å². The molecule has 3 nitrogen and oxygen atoms in total. The minimum Gasteiger partial charge on any atom is -0.330 e. The van der Waals surface area contributed by atoms with Gasteiger partial charge < -0.3 is 11.1 Å². The first-order valence-corrected chi connectivity index (χ1v) is 7.00. The highest BCUT2D eigenvalue weighted by atomic mass is 35.5. The molecule has 94 valence electrons. The lowest BCUT2D eigenvalue weighted by molar-refractivity contribution is -0.113. The van der Waals surface area contributed by atoms with Crippen molar-refractivity contribution in [1.82, 2.24) is 0 Å². The third kappa shape index (κ3) is 5.44. The van der Waals surface area contributed by atoms with Gasteiger partial charge in [-0.3, -0.25) is 4.79 Å². The number of carbonyl (C=O) groups is 1. The van der Waals surface area contributed by atoms with Crippen LogP contribution in [0.1, 0.15) is 12.0 Å². The summed E-state index contributed by atoms with van der Waals surface area (Å²) in [7, 11) is 0. The fraction of sp³-hybridized carbons (Fsp3) is 0.417. The van der Waals surface area contributed by atoms with Gasteiger partial charge in [-0.1, -0.05) is 17.7 Å². The van der Waals surface area contributed by atoms with Gasteiger partial charge in [-0.05, 0) is 43.3 Å². The number of nitrogens with one attached hydrogen (secondary N) is 1. The number of thioether (sulfide) groups is 1. The van der Waals surface area contributed by atoms with Crippen LogP contribution in [0.5, 0.6) is 0 Å². The van der Waals surface area contributed by atoms with Gasteiger partial charge in [0.15, 0.2) is 0 Å². The van der Waals surface area contributed by atoms with Gasteiger partial charge >= 0.3 is 0 Å². The first kappa shape index (κ1) is 14.4. The summed E-state index contributed by atoms with van der Waals surface area (Å²) >= 11 is 7.60. The Morgan fingerprint density at radius 1 is 1.53 bits per heavy atom. The van der Waals surface area contributed by atoms with Gasteiger partial charge in [0, 0.05) is 0 Å². The highest BCUT2D eigenvalue weighted by Crippen LogP contribution is 2.22. The molecule has 0 atom stereocenters. The van der Waals surface area contributed by atoms with Crippen molar-refractivity contribution in [3.05, 3.63) is 28.8 Å². The van der Waals surface area contributed by atoms with Crippen molar-refractivity contribution in [3.8, 4) is 0 Å². The Morgan fingerprint density at radius 3 is 2.94 bits per heavy atom. The van der Waals surface area contributed by atoms with E-state index in [9.17, 15) is 4.79 Å². The van der Waals surface area contributed by atoms with Gasteiger partial charge in [0.1, 0.15) is 0 Å². The van der Waals surface area contributed by atoms with Crippen LogP contribution in [0.3, 0.4) is 0 Å². The molecule has 0 radical (unpaired) electrons. The minimum atomic E-state index is -0.0298. The molecule has 0 spiro atoms. The Bertz CT molecular complexity index is 385. The second kappa shape index (κ2) is 7.58. The highest BCUT2D eigenvalue weighted by molar-refractivity contribution is 7.99. The van der Waals surface area contributed by atoms with Crippen molar-refractivity contribution in [2.24, 2.45) is 5.73 Å². The van der Waals surface area contributed by atoms with Crippen molar-refractivity contribution in [2.75, 3.05) is 23.4 Å². The second-order valence-corrected chi connectivity index (χ2v) is 5.24. The number of hydrogen-bond acceptors (Lipinski definition) is 3. The van der Waals surface area contributed by atoms with Gasteiger partial charge in [0.05, 0.1) is 16.5 Å². The average Bonchev–Trinajstić information content (AvgIpc) is 2.28. The zero-order valence-corrected chi connectivity index (χ0v) is 11.4. The van der Waals surface area contributed by atoms with E-state index < -0.39 is 0 Å². The fourth-order valence-corrected chi connectivity index (χ4v) is 2.31. The SMILES string of the molecule is Cc1ccc(NC(=O)CSCCCN)c(Cl)c1. The number of halogens is 1. The van der Waals surface area contributed by atoms with E-state index in [1.165, 1.54) is 0 Å². The Morgan fingerprint density at radius 2 is 2.29 bits per heavy atom. The number of rotatable bonds is 6. The normalized spacial score (nSPS) is 10.3. The maximum atomic E-state index is 11.6. The van der Waals surface area contributed by atoms with E-state index in [1.807, 2.05) is 25.1 Å². The van der Waals surface area contributed by atoms with Gasteiger partial charge in [-0.15, -0.1) is 0 Å². The number of benzene rings is 1. The fourth-order valence-electron chi connectivity index (χ4n) is 1.26. The van der Waals surface area contributed by atoms with E-state index in [0.29, 0.717) is 23.0 Å². The predicted molar refractivity (Wildman–Crippen MR) is 75.8 cm³/mol. The molecule has 5 heteroatoms. The third-order valence-corrected chi connectivity index (χ3v) is 3.48. The molecule has 3 N–H and O–H groups in total. The molecular weight excluding hydrogens is 256 g/mol. The van der Waals surface area contributed by atoms with Crippen LogP contribution in [-0.2, 0) is 4.79 Å². The van der Waals surface area contributed by atoms with E-state index in [1.54, 1.807) is 11.8 Å². The van der Waals surface area contributed by atoms with E-state index >= 15 is 0 Å². The summed E-state index contributed by atoms with van der Waals surface area (Å²) in [5.74, 6) is 1.31. The molecule has 0 fully saturated rings. The number of carbonyl (C=O) groups excluding carboxylic acids is 1. The van der Waals surface area contributed by atoms with Crippen LogP contribution < -0.4 is 11.1 Å². The van der Waals surface area contributed by atoms with Crippen molar-refractivity contribution in [1.29, 1.82) is 0 Å². The molecule has 1 amide bonds. The van der Waals surface area contributed by atoms with Crippen LogP contribution in [-0.4, -0.2) is 24.0 Å². The molecule has 0 heterocycles. The molecule has 0 aliphatic heterocycles. The van der Waals surface area contributed by atoms with E-state index in [2.05, 4.69) is 5.32 Å². The molecule has 1 rings (SSSR count). The lowest BCUT2D eigenvalue weighted by atomic mass is 10.2. The van der Waals surface area contributed by atoms with Gasteiger partial charge in [0.25, 0.3) is 0 Å². The molecule has 17 heavy (non-hydrogen) atoms. The summed E-state index contributed by atoms with van der Waals surface area (Å²) in [5.41, 5.74) is 7.11. The Labute approximate surface area is 111 Å². The van der Waals surface area contributed by atoms with Crippen molar-refractivity contribution < 1.29 is 4.79 Å². The Balaban J connectivity index is 2.40. The topological polar surface area (TPSA) is 55.1 Å². The second-order valence-electron chi connectivity index (χ2n) is 3.73. The molecule has 0 saturated heterocycles. The summed E-state index contributed by atoms with van der Waals surface area (Å²) in [6, 6.07) is 5.57. The van der Waals surface area contributed by atoms with Crippen LogP contribution in [0.25, 0.3) is 0 Å². The number of amides is 1. The first-order valence-electron chi connectivity index (χ1n) is 5.47.